The Morgan fingerprint density at radius 1 is 1.48 bits per heavy atom. The molecule has 2 aliphatic rings. The van der Waals surface area contributed by atoms with Gasteiger partial charge in [0.1, 0.15) is 0 Å². The fourth-order valence-corrected chi connectivity index (χ4v) is 3.24. The number of nitro groups is 1. The number of nitrogens with one attached hydrogen (secondary N) is 1. The van der Waals surface area contributed by atoms with E-state index in [1.807, 2.05) is 6.92 Å². The molecule has 2 atom stereocenters. The number of fused-ring (bicyclic) bond motifs is 1. The van der Waals surface area contributed by atoms with Crippen LogP contribution >= 0.6 is 0 Å². The molecule has 1 aromatic carbocycles. The van der Waals surface area contributed by atoms with Crippen LogP contribution in [0, 0.1) is 10.1 Å². The van der Waals surface area contributed by atoms with Crippen LogP contribution < -0.4 is 5.32 Å². The molecule has 2 aliphatic heterocycles. The molecule has 0 bridgehead atoms. The number of non-ortho nitro benzene ring substituents is 1. The summed E-state index contributed by atoms with van der Waals surface area (Å²) in [7, 11) is 0. The normalized spacial score (nSPS) is 29.0. The van der Waals surface area contributed by atoms with Gasteiger partial charge in [-0.05, 0) is 25.8 Å². The summed E-state index contributed by atoms with van der Waals surface area (Å²) in [5.41, 5.74) is -1.24. The van der Waals surface area contributed by atoms with Gasteiger partial charge in [-0.2, -0.15) is 0 Å². The first-order valence-corrected chi connectivity index (χ1v) is 7.04. The highest BCUT2D eigenvalue weighted by Crippen LogP contribution is 2.42. The van der Waals surface area contributed by atoms with Crippen molar-refractivity contribution in [2.75, 3.05) is 11.9 Å². The zero-order valence-corrected chi connectivity index (χ0v) is 11.7. The Hall–Kier alpha value is -1.99. The van der Waals surface area contributed by atoms with Gasteiger partial charge < -0.3 is 10.4 Å². The van der Waals surface area contributed by atoms with E-state index in [0.717, 1.165) is 19.3 Å². The van der Waals surface area contributed by atoms with Crippen LogP contribution in [0.2, 0.25) is 0 Å². The largest absolute Gasteiger partial charge is 0.364 e. The highest BCUT2D eigenvalue weighted by Gasteiger charge is 2.52. The van der Waals surface area contributed by atoms with Crippen molar-refractivity contribution in [3.63, 3.8) is 0 Å². The minimum atomic E-state index is -1.82. The predicted octanol–water partition coefficient (Wildman–Crippen LogP) is 1.57. The zero-order chi connectivity index (χ0) is 15.2. The third-order valence-corrected chi connectivity index (χ3v) is 4.37. The summed E-state index contributed by atoms with van der Waals surface area (Å²) >= 11 is 0. The van der Waals surface area contributed by atoms with Crippen molar-refractivity contribution in [1.82, 2.24) is 4.90 Å². The second kappa shape index (κ2) is 4.78. The lowest BCUT2D eigenvalue weighted by Crippen LogP contribution is -2.56. The molecule has 1 aromatic rings. The number of likely N-dealkylation sites (tertiary alicyclic amines) is 1. The molecule has 0 saturated carbocycles. The van der Waals surface area contributed by atoms with Crippen LogP contribution in [0.5, 0.6) is 0 Å². The molecule has 0 spiro atoms. The van der Waals surface area contributed by atoms with E-state index in [4.69, 9.17) is 0 Å². The molecule has 0 aliphatic carbocycles. The number of hydrogen-bond acceptors (Lipinski definition) is 5. The van der Waals surface area contributed by atoms with E-state index in [1.54, 1.807) is 4.90 Å². The maximum atomic E-state index is 12.3. The monoisotopic (exact) mass is 291 g/mol. The lowest BCUT2D eigenvalue weighted by Gasteiger charge is -2.42. The maximum Gasteiger partial charge on any atom is 0.276 e. The van der Waals surface area contributed by atoms with Crippen LogP contribution in [0.15, 0.2) is 18.2 Å². The van der Waals surface area contributed by atoms with Crippen molar-refractivity contribution >= 4 is 17.3 Å². The molecule has 1 amide bonds. The molecular formula is C14H17N3O4. The van der Waals surface area contributed by atoms with E-state index < -0.39 is 16.6 Å². The van der Waals surface area contributed by atoms with Crippen molar-refractivity contribution in [2.24, 2.45) is 0 Å². The van der Waals surface area contributed by atoms with Crippen LogP contribution in [0.1, 0.15) is 31.7 Å². The number of carbonyl (C=O) groups is 1. The number of aliphatic hydroxyl groups is 1. The molecule has 0 radical (unpaired) electrons. The summed E-state index contributed by atoms with van der Waals surface area (Å²) in [6, 6.07) is 4.12. The van der Waals surface area contributed by atoms with Crippen LogP contribution in [-0.2, 0) is 10.5 Å². The molecule has 0 unspecified atom stereocenters. The Kier molecular flexibility index (Phi) is 3.18. The second-order valence-electron chi connectivity index (χ2n) is 5.65. The van der Waals surface area contributed by atoms with Crippen molar-refractivity contribution < 1.29 is 14.8 Å². The Labute approximate surface area is 121 Å². The maximum absolute atomic E-state index is 12.3. The van der Waals surface area contributed by atoms with E-state index >= 15 is 0 Å². The number of anilines is 1. The van der Waals surface area contributed by atoms with E-state index in [9.17, 15) is 20.0 Å². The van der Waals surface area contributed by atoms with Gasteiger partial charge in [0, 0.05) is 36.0 Å². The number of rotatable bonds is 2. The highest BCUT2D eigenvalue weighted by atomic mass is 16.6. The molecule has 112 valence electrons. The summed E-state index contributed by atoms with van der Waals surface area (Å²) in [6.45, 7) is 2.55. The van der Waals surface area contributed by atoms with Gasteiger partial charge in [0.15, 0.2) is 0 Å². The second-order valence-corrected chi connectivity index (χ2v) is 5.65. The van der Waals surface area contributed by atoms with Crippen LogP contribution in [0.4, 0.5) is 11.4 Å². The van der Waals surface area contributed by atoms with Gasteiger partial charge in [-0.3, -0.25) is 19.8 Å². The predicted molar refractivity (Wildman–Crippen MR) is 75.6 cm³/mol. The average molecular weight is 291 g/mol. The number of amides is 1. The molecule has 0 aromatic heterocycles. The van der Waals surface area contributed by atoms with Gasteiger partial charge >= 0.3 is 0 Å². The smallest absolute Gasteiger partial charge is 0.276 e. The van der Waals surface area contributed by atoms with E-state index in [1.165, 1.54) is 18.2 Å². The minimum absolute atomic E-state index is 0.0414. The molecule has 2 N–H and O–H groups in total. The van der Waals surface area contributed by atoms with Gasteiger partial charge in [-0.1, -0.05) is 6.42 Å². The molecule has 21 heavy (non-hydrogen) atoms. The molecule has 2 heterocycles. The molecular weight excluding hydrogens is 274 g/mol. The topological polar surface area (TPSA) is 95.7 Å². The fourth-order valence-electron chi connectivity index (χ4n) is 3.24. The van der Waals surface area contributed by atoms with E-state index in [2.05, 4.69) is 5.32 Å². The fraction of sp³-hybridized carbons (Fsp3) is 0.500. The first kappa shape index (κ1) is 14.0. The number of hydrogen-bond donors (Lipinski definition) is 2. The van der Waals surface area contributed by atoms with E-state index in [0.29, 0.717) is 12.2 Å². The summed E-state index contributed by atoms with van der Waals surface area (Å²) < 4.78 is 0. The molecule has 3 rings (SSSR count). The van der Waals surface area contributed by atoms with Crippen molar-refractivity contribution in [3.8, 4) is 0 Å². The van der Waals surface area contributed by atoms with Gasteiger partial charge in [-0.15, -0.1) is 0 Å². The van der Waals surface area contributed by atoms with Crippen molar-refractivity contribution in [3.05, 3.63) is 33.9 Å². The Morgan fingerprint density at radius 2 is 2.24 bits per heavy atom. The van der Waals surface area contributed by atoms with Gasteiger partial charge in [0.05, 0.1) is 4.92 Å². The highest BCUT2D eigenvalue weighted by molar-refractivity contribution is 6.04. The van der Waals surface area contributed by atoms with Gasteiger partial charge in [0.2, 0.25) is 5.72 Å². The van der Waals surface area contributed by atoms with Crippen molar-refractivity contribution in [1.29, 1.82) is 0 Å². The molecule has 7 nitrogen and oxygen atoms in total. The molecule has 1 saturated heterocycles. The third-order valence-electron chi connectivity index (χ3n) is 4.37. The van der Waals surface area contributed by atoms with Gasteiger partial charge in [0.25, 0.3) is 11.6 Å². The quantitative estimate of drug-likeness (QED) is 0.637. The Morgan fingerprint density at radius 3 is 2.90 bits per heavy atom. The first-order valence-electron chi connectivity index (χ1n) is 7.04. The standard InChI is InChI=1S/C14H17N3O4/c1-9-4-2-3-7-16(9)14(19)11-8-10(17(20)21)5-6-12(11)15-13(14)18/h5-6,8-9,19H,2-4,7H2,1H3,(H,15,18)/t9-,14+/m0/s1. The van der Waals surface area contributed by atoms with Crippen molar-refractivity contribution in [2.45, 2.75) is 38.0 Å². The number of carbonyl (C=O) groups excluding carboxylic acids is 1. The number of nitrogens with zero attached hydrogens (tertiary/aromatic N) is 2. The summed E-state index contributed by atoms with van der Waals surface area (Å²) in [6.07, 6.45) is 2.83. The molecule has 7 heteroatoms. The lowest BCUT2D eigenvalue weighted by molar-refractivity contribution is -0.385. The van der Waals surface area contributed by atoms with Crippen LogP contribution in [-0.4, -0.2) is 33.4 Å². The number of benzene rings is 1. The summed E-state index contributed by atoms with van der Waals surface area (Å²) in [4.78, 5) is 24.5. The Bertz CT molecular complexity index is 618. The number of piperidine rings is 1. The number of nitro benzene ring substituents is 1. The van der Waals surface area contributed by atoms with Gasteiger partial charge in [-0.25, -0.2) is 0 Å². The lowest BCUT2D eigenvalue weighted by atomic mass is 9.95. The minimum Gasteiger partial charge on any atom is -0.364 e. The Balaban J connectivity index is 2.09. The van der Waals surface area contributed by atoms with E-state index in [-0.39, 0.29) is 17.3 Å². The SMILES string of the molecule is C[C@H]1CCCCN1[C@]1(O)C(=O)Nc2ccc([N+](=O)[O-])cc21. The third kappa shape index (κ3) is 2.00. The van der Waals surface area contributed by atoms with Crippen LogP contribution in [0.25, 0.3) is 0 Å². The summed E-state index contributed by atoms with van der Waals surface area (Å²) in [5.74, 6) is -0.535. The molecule has 1 fully saturated rings. The average Bonchev–Trinajstić information content (AvgIpc) is 2.71. The zero-order valence-electron chi connectivity index (χ0n) is 11.7. The first-order chi connectivity index (χ1) is 9.94. The van der Waals surface area contributed by atoms with Crippen LogP contribution in [0.3, 0.4) is 0 Å². The summed E-state index contributed by atoms with van der Waals surface area (Å²) in [5, 5.41) is 24.6.